The Morgan fingerprint density at radius 3 is 2.15 bits per heavy atom. The van der Waals surface area contributed by atoms with Crippen LogP contribution in [-0.2, 0) is 6.61 Å². The zero-order valence-corrected chi connectivity index (χ0v) is 14.3. The van der Waals surface area contributed by atoms with Crippen LogP contribution >= 0.6 is 0 Å². The smallest absolute Gasteiger partial charge is 0.343 e. The Kier molecular flexibility index (Phi) is 5.44. The van der Waals surface area contributed by atoms with Gasteiger partial charge in [-0.1, -0.05) is 42.5 Å². The Balaban J connectivity index is 1.60. The van der Waals surface area contributed by atoms with Gasteiger partial charge in [-0.05, 0) is 48.9 Å². The molecule has 0 bridgehead atoms. The van der Waals surface area contributed by atoms with Crippen molar-refractivity contribution in [1.82, 2.24) is 0 Å². The maximum absolute atomic E-state index is 12.1. The molecule has 0 N–H and O–H groups in total. The first-order chi connectivity index (χ1) is 12.6. The van der Waals surface area contributed by atoms with Crippen molar-refractivity contribution < 1.29 is 19.1 Å². The summed E-state index contributed by atoms with van der Waals surface area (Å²) in [6, 6.07) is 23.0. The summed E-state index contributed by atoms with van der Waals surface area (Å²) in [6.45, 7) is 1.86. The highest BCUT2D eigenvalue weighted by Crippen LogP contribution is 2.17. The van der Waals surface area contributed by atoms with Crippen LogP contribution in [0.15, 0.2) is 78.9 Å². The highest BCUT2D eigenvalue weighted by Gasteiger charge is 2.08. The van der Waals surface area contributed by atoms with Crippen LogP contribution in [0.5, 0.6) is 11.5 Å². The quantitative estimate of drug-likeness (QED) is 0.369. The summed E-state index contributed by atoms with van der Waals surface area (Å²) in [5.74, 6) is 0.732. The lowest BCUT2D eigenvalue weighted by Gasteiger charge is -2.08. The van der Waals surface area contributed by atoms with Crippen molar-refractivity contribution in [1.29, 1.82) is 0 Å². The van der Waals surface area contributed by atoms with E-state index in [1.54, 1.807) is 48.5 Å². The molecule has 0 radical (unpaired) electrons. The SMILES string of the molecule is CC(=O)c1cccc(OCc2ccc(C(=O)Oc3ccccc3)cc2)c1. The van der Waals surface area contributed by atoms with Crippen molar-refractivity contribution in [2.75, 3.05) is 0 Å². The van der Waals surface area contributed by atoms with Gasteiger partial charge in [0.05, 0.1) is 5.56 Å². The Bertz CT molecular complexity index is 899. The van der Waals surface area contributed by atoms with E-state index in [1.807, 2.05) is 30.3 Å². The Morgan fingerprint density at radius 1 is 0.769 bits per heavy atom. The van der Waals surface area contributed by atoms with E-state index in [2.05, 4.69) is 0 Å². The molecule has 0 aliphatic rings. The molecule has 0 saturated heterocycles. The van der Waals surface area contributed by atoms with Gasteiger partial charge in [-0.15, -0.1) is 0 Å². The van der Waals surface area contributed by atoms with E-state index >= 15 is 0 Å². The van der Waals surface area contributed by atoms with Crippen molar-refractivity contribution >= 4 is 11.8 Å². The van der Waals surface area contributed by atoms with Crippen LogP contribution in [0.2, 0.25) is 0 Å². The second-order valence-corrected chi connectivity index (χ2v) is 5.77. The summed E-state index contributed by atoms with van der Waals surface area (Å²) >= 11 is 0. The van der Waals surface area contributed by atoms with Gasteiger partial charge in [0, 0.05) is 5.56 Å². The third kappa shape index (κ3) is 4.57. The standard InChI is InChI=1S/C22H18O4/c1-16(23)19-6-5-9-21(14-19)25-15-17-10-12-18(13-11-17)22(24)26-20-7-3-2-4-8-20/h2-14H,15H2,1H3. The van der Waals surface area contributed by atoms with Crippen LogP contribution in [0, 0.1) is 0 Å². The van der Waals surface area contributed by atoms with Crippen molar-refractivity contribution in [3.8, 4) is 11.5 Å². The predicted octanol–water partition coefficient (Wildman–Crippen LogP) is 4.69. The van der Waals surface area contributed by atoms with E-state index in [0.717, 1.165) is 5.56 Å². The van der Waals surface area contributed by atoms with Gasteiger partial charge < -0.3 is 9.47 Å². The molecule has 0 fully saturated rings. The van der Waals surface area contributed by atoms with Gasteiger partial charge in [0.2, 0.25) is 0 Å². The predicted molar refractivity (Wildman–Crippen MR) is 98.6 cm³/mol. The molecular formula is C22H18O4. The van der Waals surface area contributed by atoms with E-state index in [1.165, 1.54) is 6.92 Å². The summed E-state index contributed by atoms with van der Waals surface area (Å²) in [6.07, 6.45) is 0. The number of hydrogen-bond donors (Lipinski definition) is 0. The molecular weight excluding hydrogens is 328 g/mol. The third-order valence-electron chi connectivity index (χ3n) is 3.79. The summed E-state index contributed by atoms with van der Waals surface area (Å²) in [5, 5.41) is 0. The van der Waals surface area contributed by atoms with Crippen LogP contribution in [0.25, 0.3) is 0 Å². The summed E-state index contributed by atoms with van der Waals surface area (Å²) < 4.78 is 11.0. The van der Waals surface area contributed by atoms with Gasteiger partial charge in [0.25, 0.3) is 0 Å². The van der Waals surface area contributed by atoms with Crippen LogP contribution in [0.4, 0.5) is 0 Å². The molecule has 0 saturated carbocycles. The molecule has 130 valence electrons. The number of carbonyl (C=O) groups is 2. The van der Waals surface area contributed by atoms with Gasteiger partial charge in [-0.25, -0.2) is 4.79 Å². The minimum atomic E-state index is -0.405. The number of ether oxygens (including phenoxy) is 2. The Labute approximate surface area is 152 Å². The van der Waals surface area contributed by atoms with Crippen molar-refractivity contribution in [2.45, 2.75) is 13.5 Å². The number of Topliss-reactive ketones (excluding diaryl/α,β-unsaturated/α-hetero) is 1. The minimum absolute atomic E-state index is 0.00303. The van der Waals surface area contributed by atoms with Gasteiger partial charge in [-0.3, -0.25) is 4.79 Å². The Hall–Kier alpha value is -3.40. The first-order valence-electron chi connectivity index (χ1n) is 8.22. The van der Waals surface area contributed by atoms with Crippen LogP contribution in [-0.4, -0.2) is 11.8 Å². The molecule has 4 nitrogen and oxygen atoms in total. The number of rotatable bonds is 6. The second-order valence-electron chi connectivity index (χ2n) is 5.77. The Morgan fingerprint density at radius 2 is 1.46 bits per heavy atom. The number of para-hydroxylation sites is 1. The van der Waals surface area contributed by atoms with Crippen molar-refractivity contribution in [2.24, 2.45) is 0 Å². The molecule has 0 aliphatic carbocycles. The lowest BCUT2D eigenvalue weighted by atomic mass is 10.1. The third-order valence-corrected chi connectivity index (χ3v) is 3.79. The highest BCUT2D eigenvalue weighted by molar-refractivity contribution is 5.94. The fraction of sp³-hybridized carbons (Fsp3) is 0.0909. The van der Waals surface area contributed by atoms with E-state index < -0.39 is 5.97 Å². The van der Waals surface area contributed by atoms with Crippen molar-refractivity contribution in [3.63, 3.8) is 0 Å². The normalized spacial score (nSPS) is 10.2. The summed E-state index contributed by atoms with van der Waals surface area (Å²) in [4.78, 5) is 23.5. The molecule has 0 aromatic heterocycles. The van der Waals surface area contributed by atoms with E-state index in [-0.39, 0.29) is 5.78 Å². The number of benzene rings is 3. The molecule has 0 atom stereocenters. The lowest BCUT2D eigenvalue weighted by Crippen LogP contribution is -2.08. The van der Waals surface area contributed by atoms with Crippen LogP contribution in [0.3, 0.4) is 0 Å². The average Bonchev–Trinajstić information content (AvgIpc) is 2.68. The van der Waals surface area contributed by atoms with E-state index in [4.69, 9.17) is 9.47 Å². The number of carbonyl (C=O) groups excluding carboxylic acids is 2. The molecule has 0 spiro atoms. The van der Waals surface area contributed by atoms with E-state index in [0.29, 0.717) is 29.2 Å². The molecule has 3 aromatic rings. The first kappa shape index (κ1) is 17.4. The molecule has 0 unspecified atom stereocenters. The largest absolute Gasteiger partial charge is 0.489 e. The fourth-order valence-corrected chi connectivity index (χ4v) is 2.36. The minimum Gasteiger partial charge on any atom is -0.489 e. The zero-order valence-electron chi connectivity index (χ0n) is 14.3. The van der Waals surface area contributed by atoms with Gasteiger partial charge in [0.15, 0.2) is 5.78 Å². The molecule has 0 amide bonds. The van der Waals surface area contributed by atoms with Crippen LogP contribution in [0.1, 0.15) is 33.2 Å². The summed E-state index contributed by atoms with van der Waals surface area (Å²) in [5.41, 5.74) is 1.99. The van der Waals surface area contributed by atoms with Gasteiger partial charge in [0.1, 0.15) is 18.1 Å². The first-order valence-corrected chi connectivity index (χ1v) is 8.22. The van der Waals surface area contributed by atoms with E-state index in [9.17, 15) is 9.59 Å². The molecule has 26 heavy (non-hydrogen) atoms. The molecule has 3 aromatic carbocycles. The highest BCUT2D eigenvalue weighted by atomic mass is 16.5. The molecule has 0 aliphatic heterocycles. The fourth-order valence-electron chi connectivity index (χ4n) is 2.36. The van der Waals surface area contributed by atoms with Crippen LogP contribution < -0.4 is 9.47 Å². The topological polar surface area (TPSA) is 52.6 Å². The average molecular weight is 346 g/mol. The summed E-state index contributed by atoms with van der Waals surface area (Å²) in [7, 11) is 0. The number of hydrogen-bond acceptors (Lipinski definition) is 4. The van der Waals surface area contributed by atoms with Gasteiger partial charge >= 0.3 is 5.97 Å². The zero-order chi connectivity index (χ0) is 18.4. The molecule has 0 heterocycles. The molecule has 3 rings (SSSR count). The second kappa shape index (κ2) is 8.12. The maximum atomic E-state index is 12.1. The van der Waals surface area contributed by atoms with Crippen molar-refractivity contribution in [3.05, 3.63) is 95.6 Å². The monoisotopic (exact) mass is 346 g/mol. The number of esters is 1. The maximum Gasteiger partial charge on any atom is 0.343 e. The number of ketones is 1. The molecule has 4 heteroatoms. The van der Waals surface area contributed by atoms with Gasteiger partial charge in [-0.2, -0.15) is 0 Å². The lowest BCUT2D eigenvalue weighted by molar-refractivity contribution is 0.0734.